The topological polar surface area (TPSA) is 77.8 Å². The predicted molar refractivity (Wildman–Crippen MR) is 67.1 cm³/mol. The van der Waals surface area contributed by atoms with Gasteiger partial charge in [0.25, 0.3) is 0 Å². The molecule has 0 saturated heterocycles. The van der Waals surface area contributed by atoms with Crippen LogP contribution in [0.15, 0.2) is 16.9 Å². The Kier molecular flexibility index (Phi) is 2.75. The van der Waals surface area contributed by atoms with E-state index in [1.807, 2.05) is 26.8 Å². The quantitative estimate of drug-likeness (QED) is 0.739. The molecule has 5 heteroatoms. The van der Waals surface area contributed by atoms with E-state index in [-0.39, 0.29) is 17.5 Å². The summed E-state index contributed by atoms with van der Waals surface area (Å²) in [6, 6.07) is 3.60. The van der Waals surface area contributed by atoms with Crippen molar-refractivity contribution in [2.75, 3.05) is 5.32 Å². The molecule has 0 aliphatic heterocycles. The summed E-state index contributed by atoms with van der Waals surface area (Å²) >= 11 is 0. The van der Waals surface area contributed by atoms with E-state index < -0.39 is 0 Å². The van der Waals surface area contributed by atoms with Gasteiger partial charge in [-0.2, -0.15) is 0 Å². The third kappa shape index (κ3) is 2.22. The average Bonchev–Trinajstić information content (AvgIpc) is 2.57. The second kappa shape index (κ2) is 4.08. The molecule has 0 unspecified atom stereocenters. The lowest BCUT2D eigenvalue weighted by Crippen LogP contribution is -2.18. The minimum Gasteiger partial charge on any atom is -0.326 e. The molecule has 3 N–H and O–H groups in total. The summed E-state index contributed by atoms with van der Waals surface area (Å²) in [5.41, 5.74) is 2.84. The first-order valence-corrected chi connectivity index (χ1v) is 5.51. The number of aryl methyl sites for hydroxylation is 1. The minimum atomic E-state index is -0.244. The Morgan fingerprint density at radius 2 is 1.82 bits per heavy atom. The van der Waals surface area contributed by atoms with E-state index in [1.54, 1.807) is 6.07 Å². The predicted octanol–water partition coefficient (Wildman–Crippen LogP) is 1.76. The minimum absolute atomic E-state index is 0.0367. The molecule has 0 fully saturated rings. The van der Waals surface area contributed by atoms with E-state index >= 15 is 0 Å². The Morgan fingerprint density at radius 1 is 1.24 bits per heavy atom. The van der Waals surface area contributed by atoms with Crippen LogP contribution in [0, 0.1) is 12.8 Å². The number of imidazole rings is 1. The van der Waals surface area contributed by atoms with Crippen LogP contribution in [0.5, 0.6) is 0 Å². The van der Waals surface area contributed by atoms with Crippen molar-refractivity contribution in [3.05, 3.63) is 28.2 Å². The molecule has 1 aromatic heterocycles. The van der Waals surface area contributed by atoms with Gasteiger partial charge in [-0.25, -0.2) is 4.79 Å². The van der Waals surface area contributed by atoms with Gasteiger partial charge < -0.3 is 15.3 Å². The lowest BCUT2D eigenvalue weighted by atomic mass is 10.1. The van der Waals surface area contributed by atoms with Crippen LogP contribution in [0.4, 0.5) is 5.69 Å². The highest BCUT2D eigenvalue weighted by atomic mass is 16.2. The van der Waals surface area contributed by atoms with E-state index in [0.29, 0.717) is 5.52 Å². The SMILES string of the molecule is Cc1cc2[nH]c(=O)[nH]c2cc1NC(=O)C(C)C. The summed E-state index contributed by atoms with van der Waals surface area (Å²) in [6.45, 7) is 5.56. The highest BCUT2D eigenvalue weighted by Gasteiger charge is 2.10. The maximum Gasteiger partial charge on any atom is 0.323 e. The van der Waals surface area contributed by atoms with Crippen LogP contribution in [-0.2, 0) is 4.79 Å². The van der Waals surface area contributed by atoms with Gasteiger partial charge in [0.05, 0.1) is 11.0 Å². The van der Waals surface area contributed by atoms with Gasteiger partial charge in [0, 0.05) is 11.6 Å². The van der Waals surface area contributed by atoms with Crippen molar-refractivity contribution in [2.45, 2.75) is 20.8 Å². The van der Waals surface area contributed by atoms with Crippen molar-refractivity contribution >= 4 is 22.6 Å². The molecular weight excluding hydrogens is 218 g/mol. The normalized spacial score (nSPS) is 11.1. The van der Waals surface area contributed by atoms with E-state index in [1.165, 1.54) is 0 Å². The number of carbonyl (C=O) groups excluding carboxylic acids is 1. The summed E-state index contributed by atoms with van der Waals surface area (Å²) < 4.78 is 0. The molecule has 90 valence electrons. The molecule has 2 aromatic rings. The third-order valence-electron chi connectivity index (χ3n) is 2.64. The monoisotopic (exact) mass is 233 g/mol. The van der Waals surface area contributed by atoms with Crippen LogP contribution in [0.1, 0.15) is 19.4 Å². The number of aromatic nitrogens is 2. The van der Waals surface area contributed by atoms with Gasteiger partial charge in [-0.15, -0.1) is 0 Å². The molecule has 0 spiro atoms. The Balaban J connectivity index is 2.43. The van der Waals surface area contributed by atoms with Crippen LogP contribution in [-0.4, -0.2) is 15.9 Å². The first kappa shape index (κ1) is 11.4. The van der Waals surface area contributed by atoms with Gasteiger partial charge in [0.2, 0.25) is 5.91 Å². The highest BCUT2D eigenvalue weighted by Crippen LogP contribution is 2.20. The molecule has 0 saturated carbocycles. The number of H-pyrrole nitrogens is 2. The summed E-state index contributed by atoms with van der Waals surface area (Å²) in [5.74, 6) is -0.110. The second-order valence-corrected chi connectivity index (χ2v) is 4.44. The summed E-state index contributed by atoms with van der Waals surface area (Å²) in [6.07, 6.45) is 0. The molecule has 1 heterocycles. The lowest BCUT2D eigenvalue weighted by Gasteiger charge is -2.10. The number of rotatable bonds is 2. The molecule has 5 nitrogen and oxygen atoms in total. The van der Waals surface area contributed by atoms with E-state index in [0.717, 1.165) is 16.8 Å². The fourth-order valence-corrected chi connectivity index (χ4v) is 1.60. The van der Waals surface area contributed by atoms with E-state index in [2.05, 4.69) is 15.3 Å². The van der Waals surface area contributed by atoms with Crippen molar-refractivity contribution in [1.82, 2.24) is 9.97 Å². The fraction of sp³-hybridized carbons (Fsp3) is 0.333. The number of hydrogen-bond acceptors (Lipinski definition) is 2. The zero-order valence-corrected chi connectivity index (χ0v) is 10.0. The first-order chi connectivity index (χ1) is 7.97. The third-order valence-corrected chi connectivity index (χ3v) is 2.64. The van der Waals surface area contributed by atoms with Crippen molar-refractivity contribution in [1.29, 1.82) is 0 Å². The number of amides is 1. The standard InChI is InChI=1S/C12H15N3O2/c1-6(2)11(16)13-8-5-10-9(4-7(8)3)14-12(17)15-10/h4-6H,1-3H3,(H,13,16)(H2,14,15,17). The van der Waals surface area contributed by atoms with Crippen LogP contribution in [0.3, 0.4) is 0 Å². The highest BCUT2D eigenvalue weighted by molar-refractivity contribution is 5.95. The molecule has 0 aliphatic carbocycles. The maximum absolute atomic E-state index is 11.6. The molecular formula is C12H15N3O2. The van der Waals surface area contributed by atoms with E-state index in [4.69, 9.17) is 0 Å². The first-order valence-electron chi connectivity index (χ1n) is 5.51. The number of benzene rings is 1. The van der Waals surface area contributed by atoms with Crippen LogP contribution >= 0.6 is 0 Å². The van der Waals surface area contributed by atoms with E-state index in [9.17, 15) is 9.59 Å². The van der Waals surface area contributed by atoms with Crippen molar-refractivity contribution in [2.24, 2.45) is 5.92 Å². The molecule has 0 radical (unpaired) electrons. The number of hydrogen-bond donors (Lipinski definition) is 3. The smallest absolute Gasteiger partial charge is 0.323 e. The molecule has 0 atom stereocenters. The molecule has 0 bridgehead atoms. The van der Waals surface area contributed by atoms with Crippen molar-refractivity contribution in [3.8, 4) is 0 Å². The van der Waals surface area contributed by atoms with Gasteiger partial charge in [-0.05, 0) is 24.6 Å². The Labute approximate surface area is 98.2 Å². The average molecular weight is 233 g/mol. The molecule has 0 aliphatic rings. The van der Waals surface area contributed by atoms with Crippen molar-refractivity contribution in [3.63, 3.8) is 0 Å². The summed E-state index contributed by atoms with van der Waals surface area (Å²) in [7, 11) is 0. The number of anilines is 1. The van der Waals surface area contributed by atoms with Gasteiger partial charge in [-0.1, -0.05) is 13.8 Å². The zero-order valence-electron chi connectivity index (χ0n) is 10.0. The van der Waals surface area contributed by atoms with Gasteiger partial charge in [-0.3, -0.25) is 4.79 Å². The summed E-state index contributed by atoms with van der Waals surface area (Å²) in [4.78, 5) is 28.1. The van der Waals surface area contributed by atoms with Crippen LogP contribution in [0.25, 0.3) is 11.0 Å². The zero-order chi connectivity index (χ0) is 12.6. The Morgan fingerprint density at radius 3 is 2.41 bits per heavy atom. The lowest BCUT2D eigenvalue weighted by molar-refractivity contribution is -0.118. The largest absolute Gasteiger partial charge is 0.326 e. The number of carbonyl (C=O) groups is 1. The molecule has 1 aromatic carbocycles. The number of fused-ring (bicyclic) bond motifs is 1. The molecule has 2 rings (SSSR count). The second-order valence-electron chi connectivity index (χ2n) is 4.44. The van der Waals surface area contributed by atoms with Gasteiger partial charge >= 0.3 is 5.69 Å². The van der Waals surface area contributed by atoms with Crippen molar-refractivity contribution < 1.29 is 4.79 Å². The van der Waals surface area contributed by atoms with Gasteiger partial charge in [0.15, 0.2) is 0 Å². The fourth-order valence-electron chi connectivity index (χ4n) is 1.60. The number of nitrogens with one attached hydrogen (secondary N) is 3. The molecule has 17 heavy (non-hydrogen) atoms. The van der Waals surface area contributed by atoms with Crippen LogP contribution < -0.4 is 11.0 Å². The number of aromatic amines is 2. The molecule has 1 amide bonds. The summed E-state index contributed by atoms with van der Waals surface area (Å²) in [5, 5.41) is 2.84. The Hall–Kier alpha value is -2.04. The Bertz CT molecular complexity index is 622. The maximum atomic E-state index is 11.6. The van der Waals surface area contributed by atoms with Crippen LogP contribution in [0.2, 0.25) is 0 Å². The van der Waals surface area contributed by atoms with Gasteiger partial charge in [0.1, 0.15) is 0 Å².